The van der Waals surface area contributed by atoms with Crippen LogP contribution in [0.2, 0.25) is 0 Å². The van der Waals surface area contributed by atoms with Crippen LogP contribution in [-0.4, -0.2) is 35.4 Å². The summed E-state index contributed by atoms with van der Waals surface area (Å²) >= 11 is 1.10. The van der Waals surface area contributed by atoms with E-state index in [9.17, 15) is 19.5 Å². The number of aliphatic carboxylic acids is 1. The van der Waals surface area contributed by atoms with Crippen molar-refractivity contribution < 1.29 is 9.90 Å². The molecular weight excluding hydrogens is 380 g/mol. The van der Waals surface area contributed by atoms with Crippen LogP contribution in [0.25, 0.3) is 11.0 Å². The number of carboxylic acid groups (broad SMARTS) is 1. The van der Waals surface area contributed by atoms with E-state index in [-0.39, 0.29) is 17.0 Å². The molecule has 0 aromatic carbocycles. The number of carbonyl (C=O) groups is 1. The lowest BCUT2D eigenvalue weighted by molar-refractivity contribution is -0.136. The van der Waals surface area contributed by atoms with Crippen molar-refractivity contribution in [2.24, 2.45) is 14.1 Å². The molecule has 1 atom stereocenters. The van der Waals surface area contributed by atoms with E-state index in [0.717, 1.165) is 54.9 Å². The number of hydrogen-bond acceptors (Lipinski definition) is 6. The molecule has 0 aliphatic heterocycles. The van der Waals surface area contributed by atoms with E-state index in [2.05, 4.69) is 9.97 Å². The van der Waals surface area contributed by atoms with Gasteiger partial charge < -0.3 is 5.11 Å². The van der Waals surface area contributed by atoms with Crippen LogP contribution in [0.1, 0.15) is 63.6 Å². The zero-order valence-electron chi connectivity index (χ0n) is 16.5. The zero-order chi connectivity index (χ0) is 20.4. The Balaban J connectivity index is 2.21. The van der Waals surface area contributed by atoms with Crippen molar-refractivity contribution in [3.63, 3.8) is 0 Å². The smallest absolute Gasteiger partial charge is 0.332 e. The molecule has 28 heavy (non-hydrogen) atoms. The molecule has 0 radical (unpaired) electrons. The van der Waals surface area contributed by atoms with Gasteiger partial charge in [-0.3, -0.25) is 18.7 Å². The van der Waals surface area contributed by atoms with Crippen LogP contribution in [0.4, 0.5) is 0 Å². The first-order valence-electron chi connectivity index (χ1n) is 9.72. The summed E-state index contributed by atoms with van der Waals surface area (Å²) in [6, 6.07) is 0. The third kappa shape index (κ3) is 3.85. The molecule has 3 rings (SSSR count). The fourth-order valence-electron chi connectivity index (χ4n) is 3.65. The highest BCUT2D eigenvalue weighted by Crippen LogP contribution is 2.35. The van der Waals surface area contributed by atoms with Gasteiger partial charge in [0.2, 0.25) is 0 Å². The Hall–Kier alpha value is -2.16. The number of aromatic nitrogens is 4. The number of unbranched alkanes of at least 4 members (excludes halogenated alkanes) is 1. The standard InChI is InChI=1S/C19H26N4O4S/c1-4-5-10-12(18(25)26)28-16-13-15(22(2)19(27)23(3)17(13)24)20-14(21-16)11-8-6-7-9-11/h11-12H,4-10H2,1-3H3,(H,25,26)/t12-/m1/s1. The van der Waals surface area contributed by atoms with E-state index in [1.807, 2.05) is 6.92 Å². The van der Waals surface area contributed by atoms with Crippen molar-refractivity contribution in [3.8, 4) is 0 Å². The van der Waals surface area contributed by atoms with Gasteiger partial charge in [-0.1, -0.05) is 44.4 Å². The third-order valence-corrected chi connectivity index (χ3v) is 6.59. The average Bonchev–Trinajstić information content (AvgIpc) is 3.21. The molecule has 0 unspecified atom stereocenters. The second kappa shape index (κ2) is 8.46. The third-order valence-electron chi connectivity index (χ3n) is 5.35. The first kappa shape index (κ1) is 20.6. The molecular formula is C19H26N4O4S. The molecule has 0 spiro atoms. The lowest BCUT2D eigenvalue weighted by atomic mass is 10.1. The minimum atomic E-state index is -0.922. The number of nitrogens with zero attached hydrogens (tertiary/aromatic N) is 4. The van der Waals surface area contributed by atoms with Gasteiger partial charge in [-0.15, -0.1) is 0 Å². The number of fused-ring (bicyclic) bond motifs is 1. The molecule has 152 valence electrons. The van der Waals surface area contributed by atoms with Gasteiger partial charge in [0.1, 0.15) is 21.5 Å². The minimum Gasteiger partial charge on any atom is -0.480 e. The van der Waals surface area contributed by atoms with E-state index in [4.69, 9.17) is 0 Å². The highest BCUT2D eigenvalue weighted by molar-refractivity contribution is 8.00. The molecule has 1 fully saturated rings. The molecule has 8 nitrogen and oxygen atoms in total. The van der Waals surface area contributed by atoms with Crippen molar-refractivity contribution in [2.75, 3.05) is 0 Å². The summed E-state index contributed by atoms with van der Waals surface area (Å²) in [5.74, 6) is -0.133. The normalized spacial score (nSPS) is 16.0. The van der Waals surface area contributed by atoms with Crippen LogP contribution < -0.4 is 11.2 Å². The zero-order valence-corrected chi connectivity index (χ0v) is 17.3. The predicted octanol–water partition coefficient (Wildman–Crippen LogP) is 2.42. The molecule has 1 aliphatic rings. The quantitative estimate of drug-likeness (QED) is 0.556. The van der Waals surface area contributed by atoms with Gasteiger partial charge in [0.05, 0.1) is 0 Å². The van der Waals surface area contributed by atoms with Crippen LogP contribution in [0, 0.1) is 0 Å². The molecule has 9 heteroatoms. The lowest BCUT2D eigenvalue weighted by Gasteiger charge is -2.16. The largest absolute Gasteiger partial charge is 0.480 e. The van der Waals surface area contributed by atoms with E-state index >= 15 is 0 Å². The van der Waals surface area contributed by atoms with Gasteiger partial charge in [0.15, 0.2) is 5.65 Å². The molecule has 1 N–H and O–H groups in total. The number of rotatable bonds is 7. The summed E-state index contributed by atoms with van der Waals surface area (Å²) in [7, 11) is 2.99. The van der Waals surface area contributed by atoms with E-state index in [1.54, 1.807) is 7.05 Å². The van der Waals surface area contributed by atoms with Gasteiger partial charge in [0, 0.05) is 20.0 Å². The van der Waals surface area contributed by atoms with Gasteiger partial charge in [-0.2, -0.15) is 0 Å². The Morgan fingerprint density at radius 3 is 2.50 bits per heavy atom. The average molecular weight is 407 g/mol. The van der Waals surface area contributed by atoms with Crippen molar-refractivity contribution >= 4 is 28.8 Å². The Morgan fingerprint density at radius 1 is 1.21 bits per heavy atom. The maximum atomic E-state index is 12.8. The summed E-state index contributed by atoms with van der Waals surface area (Å²) < 4.78 is 2.37. The number of hydrogen-bond donors (Lipinski definition) is 1. The second-order valence-electron chi connectivity index (χ2n) is 7.36. The van der Waals surface area contributed by atoms with Crippen molar-refractivity contribution in [1.82, 2.24) is 19.1 Å². The molecule has 2 aromatic rings. The lowest BCUT2D eigenvalue weighted by Crippen LogP contribution is -2.38. The number of thioether (sulfide) groups is 1. The summed E-state index contributed by atoms with van der Waals surface area (Å²) in [6.07, 6.45) is 6.28. The van der Waals surface area contributed by atoms with Gasteiger partial charge in [-0.05, 0) is 19.3 Å². The monoisotopic (exact) mass is 406 g/mol. The summed E-state index contributed by atoms with van der Waals surface area (Å²) in [4.78, 5) is 46.2. The fourth-order valence-corrected chi connectivity index (χ4v) is 4.75. The van der Waals surface area contributed by atoms with Crippen LogP contribution in [0.3, 0.4) is 0 Å². The van der Waals surface area contributed by atoms with Crippen molar-refractivity contribution in [2.45, 2.75) is 68.1 Å². The molecule has 2 aromatic heterocycles. The van der Waals surface area contributed by atoms with Crippen LogP contribution >= 0.6 is 11.8 Å². The Morgan fingerprint density at radius 2 is 1.89 bits per heavy atom. The van der Waals surface area contributed by atoms with Gasteiger partial charge >= 0.3 is 11.7 Å². The van der Waals surface area contributed by atoms with Gasteiger partial charge in [0.25, 0.3) is 5.56 Å². The Kier molecular flexibility index (Phi) is 6.22. The first-order valence-corrected chi connectivity index (χ1v) is 10.6. The fraction of sp³-hybridized carbons (Fsp3) is 0.632. The number of aryl methyl sites for hydroxylation is 1. The highest BCUT2D eigenvalue weighted by Gasteiger charge is 2.27. The topological polar surface area (TPSA) is 107 Å². The maximum Gasteiger partial charge on any atom is 0.332 e. The minimum absolute atomic E-state index is 0.182. The Bertz CT molecular complexity index is 1010. The van der Waals surface area contributed by atoms with E-state index in [0.29, 0.717) is 17.3 Å². The predicted molar refractivity (Wildman–Crippen MR) is 108 cm³/mol. The van der Waals surface area contributed by atoms with Crippen LogP contribution in [0.15, 0.2) is 14.6 Å². The molecule has 0 bridgehead atoms. The SMILES string of the molecule is CCCC[C@@H](Sc1nc(C2CCCC2)nc2c1c(=O)n(C)c(=O)n2C)C(=O)O. The number of carboxylic acids is 1. The molecule has 0 amide bonds. The molecule has 1 saturated carbocycles. The van der Waals surface area contributed by atoms with Crippen LogP contribution in [0.5, 0.6) is 0 Å². The Labute approximate surface area is 167 Å². The molecule has 2 heterocycles. The van der Waals surface area contributed by atoms with Gasteiger partial charge in [-0.25, -0.2) is 14.8 Å². The van der Waals surface area contributed by atoms with Crippen molar-refractivity contribution in [1.29, 1.82) is 0 Å². The van der Waals surface area contributed by atoms with E-state index < -0.39 is 22.5 Å². The van der Waals surface area contributed by atoms with Crippen molar-refractivity contribution in [3.05, 3.63) is 26.7 Å². The summed E-state index contributed by atoms with van der Waals surface area (Å²) in [5.41, 5.74) is -0.657. The first-order chi connectivity index (χ1) is 13.3. The summed E-state index contributed by atoms with van der Waals surface area (Å²) in [5, 5.41) is 9.52. The molecule has 1 aliphatic carbocycles. The highest BCUT2D eigenvalue weighted by atomic mass is 32.2. The second-order valence-corrected chi connectivity index (χ2v) is 8.55. The molecule has 0 saturated heterocycles. The van der Waals surface area contributed by atoms with Crippen LogP contribution in [-0.2, 0) is 18.9 Å². The van der Waals surface area contributed by atoms with E-state index in [1.165, 1.54) is 11.6 Å². The maximum absolute atomic E-state index is 12.8. The summed E-state index contributed by atoms with van der Waals surface area (Å²) in [6.45, 7) is 2.01.